The predicted octanol–water partition coefficient (Wildman–Crippen LogP) is 3.44. The molecule has 0 unspecified atom stereocenters. The molecule has 0 aliphatic rings. The summed E-state index contributed by atoms with van der Waals surface area (Å²) in [6, 6.07) is 7.96. The van der Waals surface area contributed by atoms with E-state index >= 15 is 0 Å². The van der Waals surface area contributed by atoms with Crippen molar-refractivity contribution in [3.8, 4) is 5.75 Å². The van der Waals surface area contributed by atoms with Crippen LogP contribution in [0.5, 0.6) is 5.75 Å². The van der Waals surface area contributed by atoms with Crippen molar-refractivity contribution in [1.82, 2.24) is 20.2 Å². The lowest BCUT2D eigenvalue weighted by Gasteiger charge is -2.04. The van der Waals surface area contributed by atoms with Crippen LogP contribution in [0.2, 0.25) is 0 Å². The highest BCUT2D eigenvalue weighted by molar-refractivity contribution is 7.99. The van der Waals surface area contributed by atoms with E-state index in [-0.39, 0.29) is 11.7 Å². The van der Waals surface area contributed by atoms with Crippen LogP contribution in [0.25, 0.3) is 0 Å². The summed E-state index contributed by atoms with van der Waals surface area (Å²) >= 11 is 2.66. The Morgan fingerprint density at radius 3 is 2.81 bits per heavy atom. The molecule has 1 aromatic carbocycles. The minimum atomic E-state index is -0.136. The topological polar surface area (TPSA) is 92.8 Å². The number of aromatic amines is 1. The zero-order valence-corrected chi connectivity index (χ0v) is 16.1. The van der Waals surface area contributed by atoms with Crippen LogP contribution in [-0.4, -0.2) is 31.8 Å². The number of nitrogens with one attached hydrogen (secondary N) is 2. The van der Waals surface area contributed by atoms with E-state index < -0.39 is 0 Å². The number of rotatable bonds is 8. The Morgan fingerprint density at radius 1 is 1.31 bits per heavy atom. The average Bonchev–Trinajstić information content (AvgIpc) is 3.27. The smallest absolute Gasteiger partial charge is 0.236 e. The maximum absolute atomic E-state index is 11.9. The summed E-state index contributed by atoms with van der Waals surface area (Å²) in [4.78, 5) is 20.4. The van der Waals surface area contributed by atoms with Gasteiger partial charge in [0.2, 0.25) is 11.1 Å². The minimum Gasteiger partial charge on any atom is -0.486 e. The van der Waals surface area contributed by atoms with E-state index in [1.54, 1.807) is 0 Å². The van der Waals surface area contributed by atoms with Gasteiger partial charge in [0, 0.05) is 5.38 Å². The molecule has 0 fully saturated rings. The second kappa shape index (κ2) is 8.81. The van der Waals surface area contributed by atoms with Gasteiger partial charge in [-0.05, 0) is 31.0 Å². The Bertz CT molecular complexity index is 860. The molecule has 0 saturated carbocycles. The normalized spacial score (nSPS) is 10.7. The zero-order valence-electron chi connectivity index (χ0n) is 14.5. The summed E-state index contributed by atoms with van der Waals surface area (Å²) in [6.45, 7) is 4.29. The van der Waals surface area contributed by atoms with Crippen LogP contribution in [-0.2, 0) is 17.8 Å². The van der Waals surface area contributed by atoms with E-state index in [9.17, 15) is 4.79 Å². The summed E-state index contributed by atoms with van der Waals surface area (Å²) in [5, 5.41) is 12.7. The van der Waals surface area contributed by atoms with Gasteiger partial charge in [-0.25, -0.2) is 9.97 Å². The molecule has 136 valence electrons. The lowest BCUT2D eigenvalue weighted by Crippen LogP contribution is -2.13. The highest BCUT2D eigenvalue weighted by Crippen LogP contribution is 2.18. The van der Waals surface area contributed by atoms with Crippen molar-refractivity contribution in [2.75, 3.05) is 11.1 Å². The first-order valence-corrected chi connectivity index (χ1v) is 9.96. The number of hydrogen-bond donors (Lipinski definition) is 2. The quantitative estimate of drug-likeness (QED) is 0.573. The third-order valence-electron chi connectivity index (χ3n) is 3.42. The van der Waals surface area contributed by atoms with Crippen molar-refractivity contribution < 1.29 is 9.53 Å². The molecule has 0 aliphatic carbocycles. The highest BCUT2D eigenvalue weighted by atomic mass is 32.2. The SMILES string of the molecule is CCc1ccc(OCc2nc(SCC(=O)Nc3nc(C)cs3)n[nH]2)cc1. The molecule has 2 N–H and O–H groups in total. The van der Waals surface area contributed by atoms with Crippen molar-refractivity contribution in [1.29, 1.82) is 0 Å². The van der Waals surface area contributed by atoms with Crippen molar-refractivity contribution >= 4 is 34.1 Å². The Kier molecular flexibility index (Phi) is 6.24. The van der Waals surface area contributed by atoms with Gasteiger partial charge >= 0.3 is 0 Å². The van der Waals surface area contributed by atoms with Gasteiger partial charge in [0.1, 0.15) is 12.4 Å². The number of nitrogens with zero attached hydrogens (tertiary/aromatic N) is 3. The summed E-state index contributed by atoms with van der Waals surface area (Å²) in [7, 11) is 0. The third kappa shape index (κ3) is 5.30. The number of thioether (sulfide) groups is 1. The molecular formula is C17H19N5O2S2. The molecule has 2 heterocycles. The number of benzene rings is 1. The van der Waals surface area contributed by atoms with Crippen molar-refractivity contribution in [2.24, 2.45) is 0 Å². The molecule has 26 heavy (non-hydrogen) atoms. The first-order chi connectivity index (χ1) is 12.6. The molecule has 2 aromatic heterocycles. The van der Waals surface area contributed by atoms with Crippen molar-refractivity contribution in [2.45, 2.75) is 32.0 Å². The molecule has 0 atom stereocenters. The van der Waals surface area contributed by atoms with E-state index in [2.05, 4.69) is 32.4 Å². The summed E-state index contributed by atoms with van der Waals surface area (Å²) in [5.74, 6) is 1.48. The average molecular weight is 390 g/mol. The van der Waals surface area contributed by atoms with Crippen LogP contribution in [0.1, 0.15) is 24.0 Å². The summed E-state index contributed by atoms with van der Waals surface area (Å²) in [6.07, 6.45) is 0.999. The van der Waals surface area contributed by atoms with Gasteiger partial charge in [0.25, 0.3) is 0 Å². The maximum Gasteiger partial charge on any atom is 0.236 e. The number of aryl methyl sites for hydroxylation is 2. The number of carbonyl (C=O) groups is 1. The lowest BCUT2D eigenvalue weighted by atomic mass is 10.2. The summed E-state index contributed by atoms with van der Waals surface area (Å²) < 4.78 is 5.68. The Balaban J connectivity index is 1.44. The first-order valence-electron chi connectivity index (χ1n) is 8.10. The minimum absolute atomic E-state index is 0.136. The summed E-state index contributed by atoms with van der Waals surface area (Å²) in [5.41, 5.74) is 2.16. The van der Waals surface area contributed by atoms with Crippen LogP contribution in [0.15, 0.2) is 34.8 Å². The zero-order chi connectivity index (χ0) is 18.4. The Labute approximate surface area is 159 Å². The van der Waals surface area contributed by atoms with Gasteiger partial charge in [0.15, 0.2) is 11.0 Å². The number of aromatic nitrogens is 4. The molecule has 9 heteroatoms. The van der Waals surface area contributed by atoms with E-state index in [1.807, 2.05) is 36.6 Å². The highest BCUT2D eigenvalue weighted by Gasteiger charge is 2.10. The number of hydrogen-bond acceptors (Lipinski definition) is 7. The van der Waals surface area contributed by atoms with Crippen LogP contribution in [0.3, 0.4) is 0 Å². The standard InChI is InChI=1S/C17H19N5O2S2/c1-3-12-4-6-13(7-5-12)24-8-14-19-17(22-21-14)26-10-15(23)20-16-18-11(2)9-25-16/h4-7,9H,3,8,10H2,1-2H3,(H,18,20,23)(H,19,21,22). The second-order valence-corrected chi connectivity index (χ2v) is 7.28. The van der Waals surface area contributed by atoms with Gasteiger partial charge in [-0.15, -0.1) is 16.4 Å². The number of H-pyrrole nitrogens is 1. The molecule has 0 bridgehead atoms. The number of ether oxygens (including phenoxy) is 1. The Morgan fingerprint density at radius 2 is 2.12 bits per heavy atom. The van der Waals surface area contributed by atoms with Crippen molar-refractivity contribution in [3.05, 3.63) is 46.7 Å². The van der Waals surface area contributed by atoms with E-state index in [1.165, 1.54) is 28.7 Å². The van der Waals surface area contributed by atoms with Gasteiger partial charge in [-0.1, -0.05) is 30.8 Å². The lowest BCUT2D eigenvalue weighted by molar-refractivity contribution is -0.113. The monoisotopic (exact) mass is 389 g/mol. The van der Waals surface area contributed by atoms with E-state index in [4.69, 9.17) is 4.74 Å². The number of thiazole rings is 1. The van der Waals surface area contributed by atoms with E-state index in [0.717, 1.165) is 17.9 Å². The molecule has 3 rings (SSSR count). The molecule has 1 amide bonds. The van der Waals surface area contributed by atoms with Gasteiger partial charge in [0.05, 0.1) is 11.4 Å². The number of carbonyl (C=O) groups excluding carboxylic acids is 1. The molecule has 0 spiro atoms. The van der Waals surface area contributed by atoms with Crippen molar-refractivity contribution in [3.63, 3.8) is 0 Å². The third-order valence-corrected chi connectivity index (χ3v) is 5.14. The van der Waals surface area contributed by atoms with E-state index in [0.29, 0.717) is 22.7 Å². The van der Waals surface area contributed by atoms with Gasteiger partial charge < -0.3 is 10.1 Å². The predicted molar refractivity (Wildman–Crippen MR) is 103 cm³/mol. The number of anilines is 1. The fraction of sp³-hybridized carbons (Fsp3) is 0.294. The molecule has 0 aliphatic heterocycles. The van der Waals surface area contributed by atoms with Crippen LogP contribution >= 0.6 is 23.1 Å². The molecule has 7 nitrogen and oxygen atoms in total. The van der Waals surface area contributed by atoms with Crippen LogP contribution < -0.4 is 10.1 Å². The Hall–Kier alpha value is -2.39. The molecule has 0 radical (unpaired) electrons. The molecule has 3 aromatic rings. The second-order valence-electron chi connectivity index (χ2n) is 5.48. The fourth-order valence-electron chi connectivity index (χ4n) is 2.08. The largest absolute Gasteiger partial charge is 0.486 e. The van der Waals surface area contributed by atoms with Crippen LogP contribution in [0.4, 0.5) is 5.13 Å². The number of amides is 1. The van der Waals surface area contributed by atoms with Gasteiger partial charge in [-0.2, -0.15) is 0 Å². The van der Waals surface area contributed by atoms with Crippen LogP contribution in [0, 0.1) is 6.92 Å². The fourth-order valence-corrected chi connectivity index (χ4v) is 3.40. The molecule has 0 saturated heterocycles. The first kappa shape index (κ1) is 18.4. The molecular weight excluding hydrogens is 370 g/mol. The maximum atomic E-state index is 11.9. The van der Waals surface area contributed by atoms with Gasteiger partial charge in [-0.3, -0.25) is 9.89 Å².